The highest BCUT2D eigenvalue weighted by Crippen LogP contribution is 2.36. The molecule has 10 heteroatoms. The van der Waals surface area contributed by atoms with Crippen LogP contribution in [-0.4, -0.2) is 55.0 Å². The van der Waals surface area contributed by atoms with Gasteiger partial charge >= 0.3 is 12.1 Å². The number of carbonyl (C=O) groups is 2. The van der Waals surface area contributed by atoms with Crippen LogP contribution in [0.4, 0.5) is 4.79 Å². The molecule has 4 rings (SSSR count). The summed E-state index contributed by atoms with van der Waals surface area (Å²) in [4.78, 5) is 23.0. The molecular formula is C36H43NO7P2. The van der Waals surface area contributed by atoms with Crippen LogP contribution in [0.3, 0.4) is 0 Å². The number of carboxylic acids is 1. The van der Waals surface area contributed by atoms with Crippen molar-refractivity contribution in [2.75, 3.05) is 26.7 Å². The molecule has 0 aliphatic heterocycles. The summed E-state index contributed by atoms with van der Waals surface area (Å²) in [5.41, 5.74) is 5.73. The van der Waals surface area contributed by atoms with Crippen molar-refractivity contribution in [3.05, 3.63) is 108 Å². The molecule has 8 nitrogen and oxygen atoms in total. The van der Waals surface area contributed by atoms with Crippen molar-refractivity contribution in [2.45, 2.75) is 33.1 Å². The molecule has 0 aromatic heterocycles. The topological polar surface area (TPSA) is 130 Å². The van der Waals surface area contributed by atoms with Crippen LogP contribution in [-0.2, 0) is 31.9 Å². The SMILES string of the molecule is CC(C)C(NC(=O)OCc1cccc(-c2ccc(P(C)(C)=O)cc2)c1)C(=O)O.CP(C)(=O)c1ccc(-c2cccc(CO)c2)cc1. The van der Waals surface area contributed by atoms with Crippen LogP contribution in [0.1, 0.15) is 25.0 Å². The highest BCUT2D eigenvalue weighted by atomic mass is 31.2. The maximum absolute atomic E-state index is 12.1. The van der Waals surface area contributed by atoms with Gasteiger partial charge in [0.05, 0.1) is 6.61 Å². The maximum Gasteiger partial charge on any atom is 0.408 e. The molecule has 0 aliphatic carbocycles. The standard InChI is InChI=1S/C21H26NO5P.C15H17O2P/c1-14(2)19(20(23)24)22-21(25)27-13-15-6-5-7-17(12-15)16-8-10-18(11-9-16)28(3,4)26;1-18(2,17)15-8-6-13(7-9-15)14-5-3-4-12(10-14)11-16/h5-12,14,19H,13H2,1-4H3,(H,22,25)(H,23,24);3-10,16H,11H2,1-2H3. The van der Waals surface area contributed by atoms with E-state index in [1.165, 1.54) is 0 Å². The summed E-state index contributed by atoms with van der Waals surface area (Å²) in [7, 11) is -4.48. The first-order valence-corrected chi connectivity index (χ1v) is 20.1. The Morgan fingerprint density at radius 3 is 1.52 bits per heavy atom. The number of carbonyl (C=O) groups excluding carboxylic acids is 1. The molecule has 4 aromatic rings. The second kappa shape index (κ2) is 16.0. The Morgan fingerprint density at radius 1 is 0.696 bits per heavy atom. The Kier molecular flexibility index (Phi) is 12.7. The van der Waals surface area contributed by atoms with E-state index in [4.69, 9.17) is 14.9 Å². The van der Waals surface area contributed by atoms with Gasteiger partial charge in [-0.3, -0.25) is 0 Å². The van der Waals surface area contributed by atoms with E-state index in [2.05, 4.69) is 5.32 Å². The number of hydrogen-bond acceptors (Lipinski definition) is 6. The van der Waals surface area contributed by atoms with Crippen molar-refractivity contribution in [2.24, 2.45) is 5.92 Å². The van der Waals surface area contributed by atoms with Gasteiger partial charge in [0.25, 0.3) is 0 Å². The molecule has 0 heterocycles. The summed E-state index contributed by atoms with van der Waals surface area (Å²) < 4.78 is 29.2. The third kappa shape index (κ3) is 10.8. The van der Waals surface area contributed by atoms with Crippen LogP contribution in [0.5, 0.6) is 0 Å². The fourth-order valence-corrected chi connectivity index (χ4v) is 6.28. The molecule has 1 amide bonds. The van der Waals surface area contributed by atoms with Crippen molar-refractivity contribution in [3.63, 3.8) is 0 Å². The van der Waals surface area contributed by atoms with Crippen molar-refractivity contribution < 1.29 is 33.7 Å². The molecule has 0 bridgehead atoms. The lowest BCUT2D eigenvalue weighted by molar-refractivity contribution is -0.140. The summed E-state index contributed by atoms with van der Waals surface area (Å²) in [5, 5.41) is 22.3. The highest BCUT2D eigenvalue weighted by Gasteiger charge is 2.24. The van der Waals surface area contributed by atoms with E-state index in [9.17, 15) is 18.7 Å². The zero-order chi connectivity index (χ0) is 34.1. The predicted octanol–water partition coefficient (Wildman–Crippen LogP) is 7.03. The Hall–Kier alpha value is -3.96. The quantitative estimate of drug-likeness (QED) is 0.155. The van der Waals surface area contributed by atoms with Crippen LogP contribution in [0.2, 0.25) is 0 Å². The van der Waals surface area contributed by atoms with Gasteiger partial charge in [-0.1, -0.05) is 98.8 Å². The second-order valence-electron chi connectivity index (χ2n) is 12.1. The molecule has 1 unspecified atom stereocenters. The number of benzene rings is 4. The van der Waals surface area contributed by atoms with Gasteiger partial charge in [0.15, 0.2) is 0 Å². The minimum Gasteiger partial charge on any atom is -0.480 e. The number of amides is 1. The van der Waals surface area contributed by atoms with Crippen molar-refractivity contribution in [1.82, 2.24) is 5.32 Å². The molecule has 4 aromatic carbocycles. The first-order chi connectivity index (χ1) is 21.6. The average Bonchev–Trinajstić information content (AvgIpc) is 3.02. The van der Waals surface area contributed by atoms with Crippen LogP contribution in [0, 0.1) is 5.92 Å². The smallest absolute Gasteiger partial charge is 0.408 e. The minimum absolute atomic E-state index is 0.0291. The van der Waals surface area contributed by atoms with Crippen LogP contribution >= 0.6 is 14.3 Å². The molecule has 0 saturated carbocycles. The van der Waals surface area contributed by atoms with E-state index in [-0.39, 0.29) is 19.1 Å². The maximum atomic E-state index is 12.1. The highest BCUT2D eigenvalue weighted by molar-refractivity contribution is 7.70. The van der Waals surface area contributed by atoms with Gasteiger partial charge in [-0.25, -0.2) is 9.59 Å². The number of aliphatic carboxylic acids is 1. The second-order valence-corrected chi connectivity index (χ2v) is 18.6. The summed E-state index contributed by atoms with van der Waals surface area (Å²) in [6, 6.07) is 29.7. The Labute approximate surface area is 271 Å². The molecule has 0 fully saturated rings. The number of ether oxygens (including phenoxy) is 1. The number of nitrogens with one attached hydrogen (secondary N) is 1. The largest absolute Gasteiger partial charge is 0.480 e. The Morgan fingerprint density at radius 2 is 1.13 bits per heavy atom. The average molecular weight is 664 g/mol. The van der Waals surface area contributed by atoms with Gasteiger partial charge in [0.2, 0.25) is 0 Å². The lowest BCUT2D eigenvalue weighted by Crippen LogP contribution is -2.44. The first kappa shape index (κ1) is 36.5. The Balaban J connectivity index is 0.000000275. The molecule has 46 heavy (non-hydrogen) atoms. The van der Waals surface area contributed by atoms with E-state index in [1.54, 1.807) is 40.5 Å². The molecule has 0 spiro atoms. The third-order valence-electron chi connectivity index (χ3n) is 7.26. The summed E-state index contributed by atoms with van der Waals surface area (Å²) in [5.74, 6) is -1.35. The van der Waals surface area contributed by atoms with Crippen molar-refractivity contribution in [3.8, 4) is 22.3 Å². The molecule has 244 valence electrons. The van der Waals surface area contributed by atoms with Crippen molar-refractivity contribution >= 4 is 37.0 Å². The van der Waals surface area contributed by atoms with E-state index < -0.39 is 32.4 Å². The van der Waals surface area contributed by atoms with E-state index in [0.717, 1.165) is 44.0 Å². The third-order valence-corrected chi connectivity index (χ3v) is 10.3. The molecule has 0 saturated heterocycles. The summed E-state index contributed by atoms with van der Waals surface area (Å²) >= 11 is 0. The van der Waals surface area contributed by atoms with Gasteiger partial charge in [0.1, 0.15) is 26.9 Å². The fraction of sp³-hybridized carbons (Fsp3) is 0.278. The van der Waals surface area contributed by atoms with E-state index >= 15 is 0 Å². The zero-order valence-corrected chi connectivity index (χ0v) is 28.9. The normalized spacial score (nSPS) is 12.1. The van der Waals surface area contributed by atoms with E-state index in [0.29, 0.717) is 0 Å². The van der Waals surface area contributed by atoms with Gasteiger partial charge < -0.3 is 29.4 Å². The lowest BCUT2D eigenvalue weighted by atomic mass is 10.0. The minimum atomic E-state index is -2.29. The number of carboxylic acid groups (broad SMARTS) is 1. The van der Waals surface area contributed by atoms with E-state index in [1.807, 2.05) is 97.1 Å². The molecule has 1 atom stereocenters. The fourth-order valence-electron chi connectivity index (χ4n) is 4.55. The van der Waals surface area contributed by atoms with Gasteiger partial charge in [-0.05, 0) is 78.1 Å². The molecule has 0 aliphatic rings. The predicted molar refractivity (Wildman–Crippen MR) is 187 cm³/mol. The molecule has 0 radical (unpaired) electrons. The van der Waals surface area contributed by atoms with Crippen LogP contribution in [0.15, 0.2) is 97.1 Å². The van der Waals surface area contributed by atoms with Crippen LogP contribution < -0.4 is 15.9 Å². The zero-order valence-electron chi connectivity index (χ0n) is 27.1. The van der Waals surface area contributed by atoms with Crippen LogP contribution in [0.25, 0.3) is 22.3 Å². The van der Waals surface area contributed by atoms with Gasteiger partial charge in [-0.2, -0.15) is 0 Å². The first-order valence-electron chi connectivity index (χ1n) is 14.9. The number of aliphatic hydroxyl groups is 1. The summed E-state index contributed by atoms with van der Waals surface area (Å²) in [6.45, 7) is 10.5. The number of alkyl carbamates (subject to hydrolysis) is 1. The molecular weight excluding hydrogens is 620 g/mol. The number of aliphatic hydroxyl groups excluding tert-OH is 1. The monoisotopic (exact) mass is 663 g/mol. The lowest BCUT2D eigenvalue weighted by Gasteiger charge is -2.17. The van der Waals surface area contributed by atoms with Crippen molar-refractivity contribution in [1.29, 1.82) is 0 Å². The summed E-state index contributed by atoms with van der Waals surface area (Å²) in [6.07, 6.45) is -0.766. The number of rotatable bonds is 10. The number of hydrogen-bond donors (Lipinski definition) is 3. The molecule has 3 N–H and O–H groups in total. The van der Waals surface area contributed by atoms with Gasteiger partial charge in [0, 0.05) is 10.6 Å². The Bertz CT molecular complexity index is 1720. The van der Waals surface area contributed by atoms with Gasteiger partial charge in [-0.15, -0.1) is 0 Å².